The van der Waals surface area contributed by atoms with Crippen LogP contribution in [0.1, 0.15) is 67.0 Å². The van der Waals surface area contributed by atoms with E-state index < -0.39 is 0 Å². The zero-order valence-electron chi connectivity index (χ0n) is 16.8. The molecule has 1 aliphatic rings. The molecule has 0 aromatic heterocycles. The third-order valence-corrected chi connectivity index (χ3v) is 5.72. The lowest BCUT2D eigenvalue weighted by Gasteiger charge is -2.39. The molecule has 0 saturated heterocycles. The lowest BCUT2D eigenvalue weighted by atomic mass is 9.82. The minimum absolute atomic E-state index is 0.138. The van der Waals surface area contributed by atoms with Gasteiger partial charge in [-0.2, -0.15) is 0 Å². The van der Waals surface area contributed by atoms with E-state index in [-0.39, 0.29) is 5.97 Å². The Hall–Kier alpha value is -1.77. The summed E-state index contributed by atoms with van der Waals surface area (Å²) in [5, 5.41) is 0. The van der Waals surface area contributed by atoms with E-state index in [4.69, 9.17) is 4.74 Å². The van der Waals surface area contributed by atoms with Gasteiger partial charge in [0.05, 0.1) is 13.0 Å². The van der Waals surface area contributed by atoms with E-state index in [0.717, 1.165) is 18.5 Å². The Morgan fingerprint density at radius 3 is 2.44 bits per heavy atom. The quantitative estimate of drug-likeness (QED) is 0.696. The summed E-state index contributed by atoms with van der Waals surface area (Å²) in [5.74, 6) is -0.138. The topological polar surface area (TPSA) is 29.5 Å². The Morgan fingerprint density at radius 1 is 1.16 bits per heavy atom. The van der Waals surface area contributed by atoms with Crippen molar-refractivity contribution < 1.29 is 9.53 Å². The normalized spacial score (nSPS) is 15.1. The van der Waals surface area contributed by atoms with Crippen LogP contribution in [0.15, 0.2) is 12.3 Å². The van der Waals surface area contributed by atoms with Crippen LogP contribution in [0.25, 0.3) is 0 Å². The first-order valence-electron chi connectivity index (χ1n) is 9.52. The fourth-order valence-electron chi connectivity index (χ4n) is 4.07. The van der Waals surface area contributed by atoms with E-state index in [9.17, 15) is 4.79 Å². The van der Waals surface area contributed by atoms with Crippen LogP contribution in [0.2, 0.25) is 0 Å². The van der Waals surface area contributed by atoms with Gasteiger partial charge in [-0.05, 0) is 74.4 Å². The monoisotopic (exact) mass is 343 g/mol. The highest BCUT2D eigenvalue weighted by Crippen LogP contribution is 2.35. The Kier molecular flexibility index (Phi) is 6.31. The fourth-order valence-corrected chi connectivity index (χ4v) is 4.07. The standard InChI is InChI=1S/C22H33NO2/c1-8-10-14(3)23-13-21-17(6)16(5)19(12-22(24)25-9-2)18(7)20(21)11-15(23)4/h14H,4,8-13H2,1-3,5-7H3. The lowest BCUT2D eigenvalue weighted by Crippen LogP contribution is -2.36. The molecule has 0 N–H and O–H groups in total. The molecule has 25 heavy (non-hydrogen) atoms. The van der Waals surface area contributed by atoms with Crippen molar-refractivity contribution in [3.63, 3.8) is 0 Å². The van der Waals surface area contributed by atoms with Crippen molar-refractivity contribution in [2.24, 2.45) is 0 Å². The number of rotatable bonds is 6. The molecule has 138 valence electrons. The zero-order chi connectivity index (χ0) is 18.7. The number of benzene rings is 1. The molecule has 0 spiro atoms. The van der Waals surface area contributed by atoms with Gasteiger partial charge in [0.15, 0.2) is 0 Å². The minimum Gasteiger partial charge on any atom is -0.466 e. The second-order valence-electron chi connectivity index (χ2n) is 7.30. The molecule has 1 heterocycles. The predicted octanol–water partition coefficient (Wildman–Crippen LogP) is 4.78. The van der Waals surface area contributed by atoms with Gasteiger partial charge in [-0.1, -0.05) is 19.9 Å². The average Bonchev–Trinajstić information content (AvgIpc) is 2.57. The number of ether oxygens (including phenoxy) is 1. The highest BCUT2D eigenvalue weighted by atomic mass is 16.5. The summed E-state index contributed by atoms with van der Waals surface area (Å²) < 4.78 is 5.17. The number of nitrogens with zero attached hydrogens (tertiary/aromatic N) is 1. The first-order chi connectivity index (χ1) is 11.8. The summed E-state index contributed by atoms with van der Waals surface area (Å²) >= 11 is 0. The second-order valence-corrected chi connectivity index (χ2v) is 7.30. The van der Waals surface area contributed by atoms with Crippen molar-refractivity contribution in [3.05, 3.63) is 45.7 Å². The molecular weight excluding hydrogens is 310 g/mol. The Balaban J connectivity index is 2.42. The average molecular weight is 344 g/mol. The van der Waals surface area contributed by atoms with Crippen molar-refractivity contribution in [3.8, 4) is 0 Å². The van der Waals surface area contributed by atoms with Crippen molar-refractivity contribution in [1.82, 2.24) is 4.90 Å². The number of carbonyl (C=O) groups excluding carboxylic acids is 1. The van der Waals surface area contributed by atoms with E-state index in [1.807, 2.05) is 6.92 Å². The maximum atomic E-state index is 12.0. The molecule has 0 amide bonds. The smallest absolute Gasteiger partial charge is 0.310 e. The van der Waals surface area contributed by atoms with Gasteiger partial charge in [-0.25, -0.2) is 0 Å². The Morgan fingerprint density at radius 2 is 1.84 bits per heavy atom. The highest BCUT2D eigenvalue weighted by molar-refractivity contribution is 5.74. The molecule has 0 saturated carbocycles. The summed E-state index contributed by atoms with van der Waals surface area (Å²) in [4.78, 5) is 14.5. The third-order valence-electron chi connectivity index (χ3n) is 5.72. The van der Waals surface area contributed by atoms with Gasteiger partial charge in [0, 0.05) is 24.7 Å². The molecule has 0 bridgehead atoms. The number of esters is 1. The van der Waals surface area contributed by atoms with E-state index >= 15 is 0 Å². The molecule has 0 radical (unpaired) electrons. The number of hydrogen-bond donors (Lipinski definition) is 0. The van der Waals surface area contributed by atoms with Gasteiger partial charge >= 0.3 is 5.97 Å². The molecule has 1 aromatic rings. The SMILES string of the molecule is C=C1Cc2c(C)c(CC(=O)OCC)c(C)c(C)c2CN1C(C)CCC. The fraction of sp³-hybridized carbons (Fsp3) is 0.591. The number of allylic oxidation sites excluding steroid dienone is 1. The minimum atomic E-state index is -0.138. The van der Waals surface area contributed by atoms with Crippen molar-refractivity contribution in [2.75, 3.05) is 6.61 Å². The summed E-state index contributed by atoms with van der Waals surface area (Å²) in [5.41, 5.74) is 8.93. The van der Waals surface area contributed by atoms with Gasteiger partial charge in [0.2, 0.25) is 0 Å². The maximum absolute atomic E-state index is 12.0. The summed E-state index contributed by atoms with van der Waals surface area (Å²) in [6.45, 7) is 18.6. The predicted molar refractivity (Wildman–Crippen MR) is 104 cm³/mol. The first kappa shape index (κ1) is 19.6. The van der Waals surface area contributed by atoms with Crippen LogP contribution in [0.4, 0.5) is 0 Å². The van der Waals surface area contributed by atoms with E-state index in [1.54, 1.807) is 0 Å². The van der Waals surface area contributed by atoms with Crippen LogP contribution in [-0.4, -0.2) is 23.5 Å². The second kappa shape index (κ2) is 8.07. The number of fused-ring (bicyclic) bond motifs is 1. The molecule has 0 aliphatic carbocycles. The van der Waals surface area contributed by atoms with Crippen LogP contribution in [-0.2, 0) is 28.9 Å². The molecule has 1 atom stereocenters. The summed E-state index contributed by atoms with van der Waals surface area (Å²) in [7, 11) is 0. The Labute approximate surface area is 153 Å². The third kappa shape index (κ3) is 3.91. The first-order valence-corrected chi connectivity index (χ1v) is 9.52. The van der Waals surface area contributed by atoms with Gasteiger partial charge in [0.1, 0.15) is 0 Å². The molecular formula is C22H33NO2. The lowest BCUT2D eigenvalue weighted by molar-refractivity contribution is -0.142. The summed E-state index contributed by atoms with van der Waals surface area (Å²) in [6, 6.07) is 0.518. The van der Waals surface area contributed by atoms with E-state index in [2.05, 4.69) is 46.1 Å². The van der Waals surface area contributed by atoms with Crippen LogP contribution in [0.5, 0.6) is 0 Å². The van der Waals surface area contributed by atoms with Crippen LogP contribution in [0.3, 0.4) is 0 Å². The van der Waals surface area contributed by atoms with Gasteiger partial charge in [-0.15, -0.1) is 0 Å². The van der Waals surface area contributed by atoms with Gasteiger partial charge in [-0.3, -0.25) is 4.79 Å². The number of carbonyl (C=O) groups is 1. The molecule has 2 rings (SSSR count). The van der Waals surface area contributed by atoms with E-state index in [1.165, 1.54) is 46.4 Å². The molecule has 3 heteroatoms. The molecule has 1 aliphatic heterocycles. The van der Waals surface area contributed by atoms with Crippen molar-refractivity contribution in [2.45, 2.75) is 79.8 Å². The van der Waals surface area contributed by atoms with E-state index in [0.29, 0.717) is 19.1 Å². The van der Waals surface area contributed by atoms with Gasteiger partial charge < -0.3 is 9.64 Å². The molecule has 0 fully saturated rings. The molecule has 1 unspecified atom stereocenters. The summed E-state index contributed by atoms with van der Waals surface area (Å²) in [6.07, 6.45) is 3.62. The van der Waals surface area contributed by atoms with Crippen LogP contribution < -0.4 is 0 Å². The van der Waals surface area contributed by atoms with Crippen LogP contribution >= 0.6 is 0 Å². The molecule has 1 aromatic carbocycles. The van der Waals surface area contributed by atoms with Gasteiger partial charge in [0.25, 0.3) is 0 Å². The number of hydrogen-bond acceptors (Lipinski definition) is 3. The molecule has 3 nitrogen and oxygen atoms in total. The van der Waals surface area contributed by atoms with Crippen LogP contribution in [0, 0.1) is 20.8 Å². The maximum Gasteiger partial charge on any atom is 0.310 e. The Bertz CT molecular complexity index is 675. The van der Waals surface area contributed by atoms with Crippen molar-refractivity contribution in [1.29, 1.82) is 0 Å². The highest BCUT2D eigenvalue weighted by Gasteiger charge is 2.27. The largest absolute Gasteiger partial charge is 0.466 e. The van der Waals surface area contributed by atoms with Crippen molar-refractivity contribution >= 4 is 5.97 Å². The zero-order valence-corrected chi connectivity index (χ0v) is 16.8.